The van der Waals surface area contributed by atoms with Gasteiger partial charge >= 0.3 is 0 Å². The molecule has 1 saturated heterocycles. The van der Waals surface area contributed by atoms with E-state index in [1.807, 2.05) is 49.5 Å². The molecule has 1 fully saturated rings. The summed E-state index contributed by atoms with van der Waals surface area (Å²) in [6.07, 6.45) is 1.94. The molecule has 1 atom stereocenters. The zero-order valence-corrected chi connectivity index (χ0v) is 14.8. The van der Waals surface area contributed by atoms with Gasteiger partial charge in [-0.2, -0.15) is 0 Å². The van der Waals surface area contributed by atoms with Gasteiger partial charge in [-0.25, -0.2) is 4.98 Å². The molecule has 132 valence electrons. The van der Waals surface area contributed by atoms with Gasteiger partial charge in [0.15, 0.2) is 6.04 Å². The van der Waals surface area contributed by atoms with Crippen LogP contribution in [0.2, 0.25) is 0 Å². The number of rotatable bonds is 5. The van der Waals surface area contributed by atoms with Crippen LogP contribution in [0.15, 0.2) is 48.7 Å². The van der Waals surface area contributed by atoms with Crippen molar-refractivity contribution in [2.24, 2.45) is 0 Å². The number of H-pyrrole nitrogens is 1. The first-order chi connectivity index (χ1) is 12.2. The maximum Gasteiger partial charge on any atom is 0.282 e. The van der Waals surface area contributed by atoms with E-state index in [-0.39, 0.29) is 11.9 Å². The fourth-order valence-corrected chi connectivity index (χ4v) is 3.22. The van der Waals surface area contributed by atoms with E-state index >= 15 is 0 Å². The molecular formula is C19H26N4O2+2. The molecule has 0 unspecified atom stereocenters. The number of pyridine rings is 1. The number of carbonyl (C=O) groups excluding carboxylic acids is 1. The first-order valence-corrected chi connectivity index (χ1v) is 8.69. The smallest absolute Gasteiger partial charge is 0.282 e. The molecule has 1 aromatic carbocycles. The van der Waals surface area contributed by atoms with Gasteiger partial charge in [-0.1, -0.05) is 18.2 Å². The largest absolute Gasteiger partial charge is 0.495 e. The maximum absolute atomic E-state index is 12.6. The molecule has 0 saturated carbocycles. The van der Waals surface area contributed by atoms with Crippen molar-refractivity contribution in [2.45, 2.75) is 13.0 Å². The van der Waals surface area contributed by atoms with Crippen molar-refractivity contribution >= 4 is 17.4 Å². The molecule has 3 rings (SSSR count). The second-order valence-electron chi connectivity index (χ2n) is 6.30. The Bertz CT molecular complexity index is 700. The molecule has 1 aliphatic heterocycles. The number of hydrogen-bond donors (Lipinski definition) is 2. The number of piperazine rings is 1. The molecule has 25 heavy (non-hydrogen) atoms. The van der Waals surface area contributed by atoms with E-state index in [0.717, 1.165) is 37.7 Å². The number of nitrogens with zero attached hydrogens (tertiary/aromatic N) is 1. The van der Waals surface area contributed by atoms with Crippen molar-refractivity contribution in [2.75, 3.05) is 43.5 Å². The van der Waals surface area contributed by atoms with Crippen LogP contribution in [0.3, 0.4) is 0 Å². The van der Waals surface area contributed by atoms with E-state index in [9.17, 15) is 4.79 Å². The minimum absolute atomic E-state index is 0.0271. The van der Waals surface area contributed by atoms with Gasteiger partial charge in [0.2, 0.25) is 0 Å². The molecule has 1 aromatic heterocycles. The second kappa shape index (κ2) is 7.98. The van der Waals surface area contributed by atoms with Gasteiger partial charge in [0.05, 0.1) is 19.0 Å². The second-order valence-corrected chi connectivity index (χ2v) is 6.30. The van der Waals surface area contributed by atoms with Gasteiger partial charge in [0.25, 0.3) is 11.7 Å². The molecule has 6 heteroatoms. The minimum atomic E-state index is -0.105. The highest BCUT2D eigenvalue weighted by atomic mass is 16.5. The summed E-state index contributed by atoms with van der Waals surface area (Å²) in [6.45, 7) is 5.72. The number of quaternary nitrogens is 1. The van der Waals surface area contributed by atoms with Crippen molar-refractivity contribution < 1.29 is 19.4 Å². The molecule has 0 aliphatic carbocycles. The van der Waals surface area contributed by atoms with Crippen LogP contribution in [-0.2, 0) is 4.79 Å². The third kappa shape index (κ3) is 4.09. The predicted molar refractivity (Wildman–Crippen MR) is 97.0 cm³/mol. The zero-order valence-electron chi connectivity index (χ0n) is 14.8. The average Bonchev–Trinajstić information content (AvgIpc) is 2.68. The lowest BCUT2D eigenvalue weighted by Gasteiger charge is -2.31. The quantitative estimate of drug-likeness (QED) is 0.818. The lowest BCUT2D eigenvalue weighted by molar-refractivity contribution is -0.914. The molecule has 0 bridgehead atoms. The number of hydrogen-bond acceptors (Lipinski definition) is 3. The van der Waals surface area contributed by atoms with E-state index in [1.54, 1.807) is 7.11 Å². The summed E-state index contributed by atoms with van der Waals surface area (Å²) in [5.41, 5.74) is 0.721. The Morgan fingerprint density at radius 2 is 1.92 bits per heavy atom. The third-order valence-electron chi connectivity index (χ3n) is 4.81. The number of anilines is 2. The Morgan fingerprint density at radius 1 is 1.20 bits per heavy atom. The standard InChI is InChI=1S/C19H24N4O2/c1-15(19(24)21-16-7-3-4-8-17(16)25-2)22-11-13-23(14-12-22)18-9-5-6-10-20-18/h3-10,15H,11-14H2,1-2H3,(H,21,24)/p+2/t15-/m0/s1. The summed E-state index contributed by atoms with van der Waals surface area (Å²) in [4.78, 5) is 19.5. The lowest BCUT2D eigenvalue weighted by Crippen LogP contribution is -3.19. The van der Waals surface area contributed by atoms with E-state index in [4.69, 9.17) is 4.74 Å². The van der Waals surface area contributed by atoms with Gasteiger partial charge < -0.3 is 15.0 Å². The van der Waals surface area contributed by atoms with Crippen LogP contribution < -0.4 is 24.8 Å². The van der Waals surface area contributed by atoms with Crippen LogP contribution in [0.1, 0.15) is 6.92 Å². The van der Waals surface area contributed by atoms with Crippen LogP contribution in [0.5, 0.6) is 5.75 Å². The predicted octanol–water partition coefficient (Wildman–Crippen LogP) is 0.241. The fourth-order valence-electron chi connectivity index (χ4n) is 3.22. The Balaban J connectivity index is 1.57. The van der Waals surface area contributed by atoms with E-state index in [1.165, 1.54) is 4.90 Å². The summed E-state index contributed by atoms with van der Waals surface area (Å²) < 4.78 is 5.30. The topological polar surface area (TPSA) is 60.1 Å². The van der Waals surface area contributed by atoms with Crippen LogP contribution in [0, 0.1) is 0 Å². The molecule has 3 N–H and O–H groups in total. The van der Waals surface area contributed by atoms with Gasteiger partial charge in [0, 0.05) is 6.07 Å². The van der Waals surface area contributed by atoms with Gasteiger partial charge in [-0.05, 0) is 25.1 Å². The fraction of sp³-hybridized carbons (Fsp3) is 0.368. The highest BCUT2D eigenvalue weighted by Crippen LogP contribution is 2.22. The van der Waals surface area contributed by atoms with Gasteiger partial charge in [-0.3, -0.25) is 9.69 Å². The van der Waals surface area contributed by atoms with Crippen LogP contribution >= 0.6 is 0 Å². The van der Waals surface area contributed by atoms with E-state index in [2.05, 4.69) is 21.3 Å². The molecule has 1 aliphatic rings. The molecule has 0 radical (unpaired) electrons. The number of carbonyl (C=O) groups is 1. The van der Waals surface area contributed by atoms with Crippen LogP contribution in [0.25, 0.3) is 0 Å². The average molecular weight is 342 g/mol. The Kier molecular flexibility index (Phi) is 5.50. The number of methoxy groups -OCH3 is 1. The number of ether oxygens (including phenoxy) is 1. The van der Waals surface area contributed by atoms with Crippen molar-refractivity contribution in [1.29, 1.82) is 0 Å². The molecule has 6 nitrogen and oxygen atoms in total. The summed E-state index contributed by atoms with van der Waals surface area (Å²) in [5, 5.41) is 3.00. The Hall–Kier alpha value is -2.60. The van der Waals surface area contributed by atoms with Gasteiger partial charge in [-0.15, -0.1) is 0 Å². The highest BCUT2D eigenvalue weighted by Gasteiger charge is 2.32. The number of benzene rings is 1. The number of amides is 1. The Labute approximate surface area is 148 Å². The number of aromatic amines is 1. The SMILES string of the molecule is COc1ccccc1NC(=O)[C@H](C)[NH+]1CCN(c2cccc[nH+]2)CC1. The Morgan fingerprint density at radius 3 is 2.60 bits per heavy atom. The van der Waals surface area contributed by atoms with Crippen molar-refractivity contribution in [3.05, 3.63) is 48.7 Å². The monoisotopic (exact) mass is 342 g/mol. The number of nitrogens with one attached hydrogen (secondary N) is 3. The summed E-state index contributed by atoms with van der Waals surface area (Å²) in [7, 11) is 1.61. The molecule has 2 heterocycles. The maximum atomic E-state index is 12.6. The zero-order chi connectivity index (χ0) is 17.6. The molecule has 2 aromatic rings. The van der Waals surface area contributed by atoms with Crippen LogP contribution in [-0.4, -0.2) is 45.2 Å². The minimum Gasteiger partial charge on any atom is -0.495 e. The van der Waals surface area contributed by atoms with Crippen molar-refractivity contribution in [3.8, 4) is 5.75 Å². The summed E-state index contributed by atoms with van der Waals surface area (Å²) in [6, 6.07) is 13.5. The van der Waals surface area contributed by atoms with Crippen molar-refractivity contribution in [3.63, 3.8) is 0 Å². The van der Waals surface area contributed by atoms with E-state index in [0.29, 0.717) is 5.75 Å². The lowest BCUT2D eigenvalue weighted by atomic mass is 10.2. The molecule has 1 amide bonds. The highest BCUT2D eigenvalue weighted by molar-refractivity contribution is 5.94. The first kappa shape index (κ1) is 17.2. The number of aromatic nitrogens is 1. The number of para-hydroxylation sites is 2. The van der Waals surface area contributed by atoms with Crippen LogP contribution in [0.4, 0.5) is 11.5 Å². The summed E-state index contributed by atoms with van der Waals surface area (Å²) in [5.74, 6) is 1.84. The summed E-state index contributed by atoms with van der Waals surface area (Å²) >= 11 is 0. The molecule has 0 spiro atoms. The normalized spacial score (nSPS) is 16.3. The van der Waals surface area contributed by atoms with E-state index < -0.39 is 0 Å². The molecular weight excluding hydrogens is 316 g/mol. The third-order valence-corrected chi connectivity index (χ3v) is 4.81. The first-order valence-electron chi connectivity index (χ1n) is 8.69. The van der Waals surface area contributed by atoms with Crippen molar-refractivity contribution in [1.82, 2.24) is 0 Å². The van der Waals surface area contributed by atoms with Gasteiger partial charge in [0.1, 0.15) is 31.9 Å².